The van der Waals surface area contributed by atoms with Gasteiger partial charge in [0.1, 0.15) is 0 Å². The van der Waals surface area contributed by atoms with Gasteiger partial charge in [-0.2, -0.15) is 0 Å². The zero-order valence-corrected chi connectivity index (χ0v) is 17.6. The summed E-state index contributed by atoms with van der Waals surface area (Å²) in [5.41, 5.74) is 4.56. The minimum Gasteiger partial charge on any atom is -0.423 e. The minimum absolute atomic E-state index is 0.215. The van der Waals surface area contributed by atoms with E-state index in [1.54, 1.807) is 6.08 Å². The van der Waals surface area contributed by atoms with Crippen molar-refractivity contribution in [3.05, 3.63) is 114 Å². The second kappa shape index (κ2) is 8.01. The molecule has 0 bridgehead atoms. The molecular weight excluding hydrogens is 393 g/mol. The first kappa shape index (κ1) is 20.1. The Bertz CT molecular complexity index is 1580. The lowest BCUT2D eigenvalue weighted by atomic mass is 9.80. The number of hydrogen-bond donors (Lipinski definition) is 2. The molecule has 4 heteroatoms. The van der Waals surface area contributed by atoms with Crippen molar-refractivity contribution in [2.45, 2.75) is 0 Å². The van der Waals surface area contributed by atoms with Crippen molar-refractivity contribution in [3.8, 4) is 16.8 Å². The molecule has 0 radical (unpaired) electrons. The summed E-state index contributed by atoms with van der Waals surface area (Å²) in [6, 6.07) is 31.2. The SMILES string of the molecule is C=C(/C=c1\c(=C)c2ccccc2n1-c1ccc2cc(-c3ccccc3)ccc2c1)B(O)O. The molecule has 1 heterocycles. The van der Waals surface area contributed by atoms with E-state index in [1.165, 1.54) is 11.1 Å². The minimum atomic E-state index is -1.62. The van der Waals surface area contributed by atoms with Gasteiger partial charge in [0.15, 0.2) is 0 Å². The van der Waals surface area contributed by atoms with E-state index in [9.17, 15) is 10.0 Å². The summed E-state index contributed by atoms with van der Waals surface area (Å²) in [5, 5.41) is 24.0. The van der Waals surface area contributed by atoms with E-state index in [2.05, 4.69) is 66.3 Å². The first-order valence-corrected chi connectivity index (χ1v) is 10.5. The Kier molecular flexibility index (Phi) is 5.02. The molecule has 2 N–H and O–H groups in total. The normalized spacial score (nSPS) is 11.9. The Morgan fingerprint density at radius 1 is 0.781 bits per heavy atom. The van der Waals surface area contributed by atoms with Gasteiger partial charge in [-0.25, -0.2) is 0 Å². The summed E-state index contributed by atoms with van der Waals surface area (Å²) in [6.45, 7) is 8.05. The fourth-order valence-electron chi connectivity index (χ4n) is 4.19. The third kappa shape index (κ3) is 3.46. The number of rotatable bonds is 4. The van der Waals surface area contributed by atoms with Gasteiger partial charge < -0.3 is 14.6 Å². The van der Waals surface area contributed by atoms with Crippen LogP contribution >= 0.6 is 0 Å². The van der Waals surface area contributed by atoms with Gasteiger partial charge in [0.2, 0.25) is 0 Å². The summed E-state index contributed by atoms with van der Waals surface area (Å²) in [4.78, 5) is 0. The molecule has 3 nitrogen and oxygen atoms in total. The van der Waals surface area contributed by atoms with E-state index in [1.807, 2.05) is 42.5 Å². The van der Waals surface area contributed by atoms with Crippen LogP contribution in [0.3, 0.4) is 0 Å². The van der Waals surface area contributed by atoms with E-state index < -0.39 is 7.12 Å². The third-order valence-electron chi connectivity index (χ3n) is 5.86. The Morgan fingerprint density at radius 3 is 2.25 bits per heavy atom. The molecule has 0 aliphatic rings. The lowest BCUT2D eigenvalue weighted by molar-refractivity contribution is 0.421. The van der Waals surface area contributed by atoms with Crippen LogP contribution in [0.2, 0.25) is 0 Å². The van der Waals surface area contributed by atoms with Crippen LogP contribution in [0, 0.1) is 0 Å². The number of aromatic nitrogens is 1. The Morgan fingerprint density at radius 2 is 1.47 bits per heavy atom. The monoisotopic (exact) mass is 415 g/mol. The predicted octanol–water partition coefficient (Wildman–Crippen LogP) is 4.21. The molecule has 5 aromatic rings. The highest BCUT2D eigenvalue weighted by molar-refractivity contribution is 6.53. The molecule has 1 aromatic heterocycles. The van der Waals surface area contributed by atoms with Crippen molar-refractivity contribution in [2.75, 3.05) is 0 Å². The van der Waals surface area contributed by atoms with E-state index in [0.717, 1.165) is 37.9 Å². The van der Waals surface area contributed by atoms with E-state index in [0.29, 0.717) is 0 Å². The van der Waals surface area contributed by atoms with Crippen molar-refractivity contribution in [3.63, 3.8) is 0 Å². The zero-order chi connectivity index (χ0) is 22.2. The lowest BCUT2D eigenvalue weighted by Gasteiger charge is -2.10. The van der Waals surface area contributed by atoms with Gasteiger partial charge in [0, 0.05) is 16.3 Å². The first-order valence-electron chi connectivity index (χ1n) is 10.5. The Balaban J connectivity index is 1.72. The summed E-state index contributed by atoms with van der Waals surface area (Å²) in [7, 11) is -1.62. The van der Waals surface area contributed by atoms with Gasteiger partial charge in [0.05, 0.1) is 10.9 Å². The third-order valence-corrected chi connectivity index (χ3v) is 5.86. The smallest absolute Gasteiger partial charge is 0.423 e. The van der Waals surface area contributed by atoms with Gasteiger partial charge in [-0.05, 0) is 57.7 Å². The molecule has 0 unspecified atom stereocenters. The maximum Gasteiger partial charge on any atom is 0.487 e. The van der Waals surface area contributed by atoms with Crippen LogP contribution in [0.25, 0.3) is 51.1 Å². The van der Waals surface area contributed by atoms with Gasteiger partial charge in [-0.15, -0.1) is 0 Å². The van der Waals surface area contributed by atoms with Crippen molar-refractivity contribution >= 4 is 41.4 Å². The number of hydrogen-bond acceptors (Lipinski definition) is 2. The van der Waals surface area contributed by atoms with Crippen LogP contribution in [0.15, 0.2) is 103 Å². The topological polar surface area (TPSA) is 45.4 Å². The number of allylic oxidation sites excluding steroid dienone is 1. The molecule has 0 fully saturated rings. The lowest BCUT2D eigenvalue weighted by Crippen LogP contribution is -2.29. The number of para-hydroxylation sites is 1. The first-order chi connectivity index (χ1) is 15.5. The van der Waals surface area contributed by atoms with Crippen LogP contribution in [-0.4, -0.2) is 21.7 Å². The fraction of sp³-hybridized carbons (Fsp3) is 0. The highest BCUT2D eigenvalue weighted by Gasteiger charge is 2.13. The summed E-state index contributed by atoms with van der Waals surface area (Å²) in [5.74, 6) is 0. The predicted molar refractivity (Wildman–Crippen MR) is 135 cm³/mol. The average molecular weight is 415 g/mol. The van der Waals surface area contributed by atoms with Crippen molar-refractivity contribution in [2.24, 2.45) is 0 Å². The van der Waals surface area contributed by atoms with Gasteiger partial charge in [0.25, 0.3) is 0 Å². The van der Waals surface area contributed by atoms with Crippen LogP contribution in [0.5, 0.6) is 0 Å². The maximum atomic E-state index is 9.57. The number of fused-ring (bicyclic) bond motifs is 2. The fourth-order valence-corrected chi connectivity index (χ4v) is 4.19. The van der Waals surface area contributed by atoms with Crippen LogP contribution in [0.4, 0.5) is 0 Å². The quantitative estimate of drug-likeness (QED) is 0.432. The molecule has 0 saturated carbocycles. The van der Waals surface area contributed by atoms with Crippen LogP contribution in [0.1, 0.15) is 0 Å². The molecular formula is C28H22BNO2. The second-order valence-corrected chi connectivity index (χ2v) is 7.92. The second-order valence-electron chi connectivity index (χ2n) is 7.92. The van der Waals surface area contributed by atoms with Gasteiger partial charge >= 0.3 is 7.12 Å². The molecule has 32 heavy (non-hydrogen) atoms. The van der Waals surface area contributed by atoms with Gasteiger partial charge in [-0.3, -0.25) is 0 Å². The highest BCUT2D eigenvalue weighted by Crippen LogP contribution is 2.26. The average Bonchev–Trinajstić information content (AvgIpc) is 3.10. The van der Waals surface area contributed by atoms with E-state index >= 15 is 0 Å². The van der Waals surface area contributed by atoms with E-state index in [4.69, 9.17) is 0 Å². The summed E-state index contributed by atoms with van der Waals surface area (Å²) >= 11 is 0. The van der Waals surface area contributed by atoms with Crippen molar-refractivity contribution in [1.29, 1.82) is 0 Å². The summed E-state index contributed by atoms with van der Waals surface area (Å²) in [6.07, 6.45) is 1.69. The van der Waals surface area contributed by atoms with E-state index in [-0.39, 0.29) is 5.47 Å². The molecule has 0 saturated heterocycles. The number of benzene rings is 4. The molecule has 5 rings (SSSR count). The Labute approximate surface area is 186 Å². The summed E-state index contributed by atoms with van der Waals surface area (Å²) < 4.78 is 2.09. The molecule has 0 atom stereocenters. The molecule has 0 spiro atoms. The zero-order valence-electron chi connectivity index (χ0n) is 17.6. The molecule has 0 aliphatic carbocycles. The maximum absolute atomic E-state index is 9.57. The van der Waals surface area contributed by atoms with Crippen LogP contribution < -0.4 is 10.6 Å². The highest BCUT2D eigenvalue weighted by atomic mass is 16.4. The molecule has 4 aromatic carbocycles. The van der Waals surface area contributed by atoms with Gasteiger partial charge in [-0.1, -0.05) is 79.9 Å². The standard InChI is InChI=1S/C28H22BNO2/c1-19(29(31)32)16-28-20(2)26-10-6-7-11-27(26)30(28)25-15-14-23-17-22(12-13-24(23)18-25)21-8-4-3-5-9-21/h3-18,31-32H,1-2H2/b28-16+. The Hall–Kier alpha value is -3.86. The number of nitrogens with zero attached hydrogens (tertiary/aromatic N) is 1. The molecule has 0 amide bonds. The van der Waals surface area contributed by atoms with Crippen LogP contribution in [-0.2, 0) is 0 Å². The van der Waals surface area contributed by atoms with Crippen molar-refractivity contribution in [1.82, 2.24) is 4.57 Å². The largest absolute Gasteiger partial charge is 0.487 e. The molecule has 0 aliphatic heterocycles. The molecule has 154 valence electrons. The van der Waals surface area contributed by atoms with Crippen molar-refractivity contribution < 1.29 is 10.0 Å².